The Morgan fingerprint density at radius 3 is 2.64 bits per heavy atom. The molecule has 0 fully saturated rings. The molecule has 2 rings (SSSR count). The Morgan fingerprint density at radius 1 is 1.27 bits per heavy atom. The second-order valence-corrected chi connectivity index (χ2v) is 5.43. The molecule has 1 aromatic carbocycles. The van der Waals surface area contributed by atoms with Crippen molar-refractivity contribution in [2.75, 3.05) is 20.2 Å². The fraction of sp³-hybridized carbons (Fsp3) is 0.500. The van der Waals surface area contributed by atoms with Crippen molar-refractivity contribution in [1.82, 2.24) is 15.1 Å². The molecule has 0 spiro atoms. The number of aromatic nitrogens is 2. The highest BCUT2D eigenvalue weighted by atomic mass is 16.5. The summed E-state index contributed by atoms with van der Waals surface area (Å²) in [6.07, 6.45) is -0.569. The summed E-state index contributed by atoms with van der Waals surface area (Å²) in [6, 6.07) is 9.85. The lowest BCUT2D eigenvalue weighted by atomic mass is 10.2. The van der Waals surface area contributed by atoms with Crippen LogP contribution in [0.2, 0.25) is 0 Å². The molecule has 120 valence electrons. The van der Waals surface area contributed by atoms with E-state index in [-0.39, 0.29) is 12.6 Å². The van der Waals surface area contributed by atoms with Gasteiger partial charge in [0.15, 0.2) is 0 Å². The van der Waals surface area contributed by atoms with Gasteiger partial charge in [0.1, 0.15) is 0 Å². The number of hydrogen-bond acceptors (Lipinski definition) is 6. The van der Waals surface area contributed by atoms with E-state index in [1.807, 2.05) is 49.2 Å². The summed E-state index contributed by atoms with van der Waals surface area (Å²) in [5.41, 5.74) is 1.10. The van der Waals surface area contributed by atoms with E-state index in [2.05, 4.69) is 10.2 Å². The molecule has 0 saturated carbocycles. The maximum atomic E-state index is 10.1. The predicted octanol–water partition coefficient (Wildman–Crippen LogP) is 1.95. The number of likely N-dealkylation sites (N-methyl/N-ethyl adjacent to an activating group) is 1. The maximum Gasteiger partial charge on any atom is 0.233 e. The van der Waals surface area contributed by atoms with Crippen molar-refractivity contribution in [2.45, 2.75) is 32.6 Å². The van der Waals surface area contributed by atoms with E-state index in [1.165, 1.54) is 0 Å². The Hall–Kier alpha value is -1.76. The highest BCUT2D eigenvalue weighted by molar-refractivity contribution is 5.13. The minimum Gasteiger partial charge on any atom is -0.424 e. The van der Waals surface area contributed by atoms with Gasteiger partial charge >= 0.3 is 0 Å². The fourth-order valence-electron chi connectivity index (χ4n) is 2.10. The summed E-state index contributed by atoms with van der Waals surface area (Å²) >= 11 is 0. The van der Waals surface area contributed by atoms with E-state index >= 15 is 0 Å². The molecule has 22 heavy (non-hydrogen) atoms. The number of aliphatic hydroxyl groups excluding tert-OH is 1. The summed E-state index contributed by atoms with van der Waals surface area (Å²) in [6.45, 7) is 4.98. The van der Waals surface area contributed by atoms with Crippen molar-refractivity contribution in [1.29, 1.82) is 0 Å². The van der Waals surface area contributed by atoms with Gasteiger partial charge in [0, 0.05) is 13.5 Å². The third kappa shape index (κ3) is 4.91. The zero-order valence-electron chi connectivity index (χ0n) is 13.3. The quantitative estimate of drug-likeness (QED) is 0.803. The number of benzene rings is 1. The summed E-state index contributed by atoms with van der Waals surface area (Å²) in [5.74, 6) is 1.10. The van der Waals surface area contributed by atoms with Crippen molar-refractivity contribution in [3.63, 3.8) is 0 Å². The van der Waals surface area contributed by atoms with Crippen LogP contribution >= 0.6 is 0 Å². The molecule has 2 unspecified atom stereocenters. The average molecular weight is 305 g/mol. The topological polar surface area (TPSA) is 71.6 Å². The molecule has 0 aliphatic heterocycles. The number of aliphatic hydroxyl groups is 1. The van der Waals surface area contributed by atoms with E-state index in [4.69, 9.17) is 9.15 Å². The Bertz CT molecular complexity index is 559. The molecule has 6 heteroatoms. The summed E-state index contributed by atoms with van der Waals surface area (Å²) in [7, 11) is 1.91. The van der Waals surface area contributed by atoms with Crippen LogP contribution in [-0.2, 0) is 11.3 Å². The van der Waals surface area contributed by atoms with Gasteiger partial charge in [-0.2, -0.15) is 0 Å². The first-order valence-electron chi connectivity index (χ1n) is 7.36. The minimum absolute atomic E-state index is 0.0510. The second-order valence-electron chi connectivity index (χ2n) is 5.43. The Labute approximate surface area is 130 Å². The molecule has 0 aliphatic rings. The summed E-state index contributed by atoms with van der Waals surface area (Å²) in [5, 5.41) is 17.9. The van der Waals surface area contributed by atoms with E-state index in [9.17, 15) is 5.11 Å². The molecule has 0 amide bonds. The van der Waals surface area contributed by atoms with E-state index in [1.54, 1.807) is 6.92 Å². The van der Waals surface area contributed by atoms with Crippen LogP contribution in [-0.4, -0.2) is 46.5 Å². The van der Waals surface area contributed by atoms with Crippen molar-refractivity contribution in [2.24, 2.45) is 0 Å². The van der Waals surface area contributed by atoms with Gasteiger partial charge in [-0.3, -0.25) is 4.90 Å². The molecule has 0 aliphatic carbocycles. The maximum absolute atomic E-state index is 10.1. The van der Waals surface area contributed by atoms with Gasteiger partial charge in [-0.15, -0.1) is 10.2 Å². The molecule has 6 nitrogen and oxygen atoms in total. The van der Waals surface area contributed by atoms with E-state index in [0.717, 1.165) is 5.56 Å². The minimum atomic E-state index is -0.569. The van der Waals surface area contributed by atoms with Crippen LogP contribution in [0.5, 0.6) is 0 Å². The van der Waals surface area contributed by atoms with Gasteiger partial charge in [0.05, 0.1) is 25.4 Å². The van der Waals surface area contributed by atoms with Gasteiger partial charge in [0.2, 0.25) is 11.8 Å². The zero-order valence-corrected chi connectivity index (χ0v) is 13.3. The summed E-state index contributed by atoms with van der Waals surface area (Å²) in [4.78, 5) is 1.96. The molecule has 1 aromatic heterocycles. The normalized spacial score (nSPS) is 14.2. The first-order chi connectivity index (χ1) is 10.6. The summed E-state index contributed by atoms with van der Waals surface area (Å²) < 4.78 is 11.0. The van der Waals surface area contributed by atoms with Crippen LogP contribution in [0.3, 0.4) is 0 Å². The molecule has 2 aromatic rings. The van der Waals surface area contributed by atoms with Gasteiger partial charge in [-0.1, -0.05) is 30.3 Å². The van der Waals surface area contributed by atoms with Gasteiger partial charge in [0.25, 0.3) is 0 Å². The van der Waals surface area contributed by atoms with Crippen LogP contribution in [0.25, 0.3) is 0 Å². The third-order valence-corrected chi connectivity index (χ3v) is 3.48. The molecule has 0 saturated heterocycles. The highest BCUT2D eigenvalue weighted by Gasteiger charge is 2.20. The predicted molar refractivity (Wildman–Crippen MR) is 82.2 cm³/mol. The van der Waals surface area contributed by atoms with Crippen molar-refractivity contribution >= 4 is 0 Å². The lowest BCUT2D eigenvalue weighted by Gasteiger charge is -2.24. The molecule has 0 radical (unpaired) electrons. The molecule has 1 N–H and O–H groups in total. The van der Waals surface area contributed by atoms with Crippen molar-refractivity contribution in [3.8, 4) is 0 Å². The fourth-order valence-corrected chi connectivity index (χ4v) is 2.10. The SMILES string of the molecule is Cc1nnc(C(C)N(C)CC(O)COCc2ccccc2)o1. The lowest BCUT2D eigenvalue weighted by Crippen LogP contribution is -2.34. The van der Waals surface area contributed by atoms with Crippen LogP contribution < -0.4 is 0 Å². The van der Waals surface area contributed by atoms with Gasteiger partial charge in [-0.25, -0.2) is 0 Å². The number of aryl methyl sites for hydroxylation is 1. The Kier molecular flexibility index (Phi) is 6.06. The molecule has 1 heterocycles. The molecular formula is C16H23N3O3. The first-order valence-corrected chi connectivity index (χ1v) is 7.36. The average Bonchev–Trinajstić information content (AvgIpc) is 2.94. The monoisotopic (exact) mass is 305 g/mol. The number of rotatable bonds is 8. The Morgan fingerprint density at radius 2 is 2.00 bits per heavy atom. The number of nitrogens with zero attached hydrogens (tertiary/aromatic N) is 3. The third-order valence-electron chi connectivity index (χ3n) is 3.48. The standard InChI is InChI=1S/C16H23N3O3/c1-12(16-18-17-13(2)22-16)19(3)9-15(20)11-21-10-14-7-5-4-6-8-14/h4-8,12,15,20H,9-11H2,1-3H3. The van der Waals surface area contributed by atoms with Crippen LogP contribution in [0.15, 0.2) is 34.7 Å². The highest BCUT2D eigenvalue weighted by Crippen LogP contribution is 2.17. The second kappa shape index (κ2) is 8.03. The van der Waals surface area contributed by atoms with Crippen LogP contribution in [0.4, 0.5) is 0 Å². The van der Waals surface area contributed by atoms with E-state index in [0.29, 0.717) is 24.9 Å². The van der Waals surface area contributed by atoms with Crippen LogP contribution in [0, 0.1) is 6.92 Å². The van der Waals surface area contributed by atoms with Gasteiger partial charge < -0.3 is 14.3 Å². The van der Waals surface area contributed by atoms with E-state index < -0.39 is 6.10 Å². The molecular weight excluding hydrogens is 282 g/mol. The van der Waals surface area contributed by atoms with Gasteiger partial charge in [-0.05, 0) is 19.5 Å². The first kappa shape index (κ1) is 16.6. The molecule has 0 bridgehead atoms. The largest absolute Gasteiger partial charge is 0.424 e. The van der Waals surface area contributed by atoms with Crippen molar-refractivity contribution < 1.29 is 14.3 Å². The number of ether oxygens (including phenoxy) is 1. The smallest absolute Gasteiger partial charge is 0.233 e. The molecule has 2 atom stereocenters. The van der Waals surface area contributed by atoms with Crippen LogP contribution in [0.1, 0.15) is 30.3 Å². The van der Waals surface area contributed by atoms with Crippen molar-refractivity contribution in [3.05, 3.63) is 47.7 Å². The zero-order chi connectivity index (χ0) is 15.9. The lowest BCUT2D eigenvalue weighted by molar-refractivity contribution is 0.00685. The number of hydrogen-bond donors (Lipinski definition) is 1. The Balaban J connectivity index is 1.73.